The van der Waals surface area contributed by atoms with Crippen LogP contribution in [0.2, 0.25) is 0 Å². The van der Waals surface area contributed by atoms with Crippen molar-refractivity contribution in [2.24, 2.45) is 0 Å². The Morgan fingerprint density at radius 3 is 1.50 bits per heavy atom. The van der Waals surface area contributed by atoms with E-state index in [0.29, 0.717) is 5.56 Å². The molecule has 3 aromatic rings. The first-order chi connectivity index (χ1) is 17.0. The van der Waals surface area contributed by atoms with E-state index < -0.39 is 9.85 Å². The molecule has 0 heterocycles. The van der Waals surface area contributed by atoms with Gasteiger partial charge in [0.1, 0.15) is 17.2 Å². The maximum absolute atomic E-state index is 11.1. The number of nitrogens with zero attached hydrogens (tertiary/aromatic N) is 3. The van der Waals surface area contributed by atoms with Crippen LogP contribution in [0.15, 0.2) is 54.6 Å². The molecule has 189 valence electrons. The van der Waals surface area contributed by atoms with Crippen molar-refractivity contribution in [3.05, 3.63) is 97.1 Å². The molecular formula is C25H26MoN3O7. The summed E-state index contributed by atoms with van der Waals surface area (Å²) in [4.78, 5) is 22.8. The average Bonchev–Trinajstić information content (AvgIpc) is 2.83. The Hall–Kier alpha value is -3.71. The first-order valence-electron chi connectivity index (χ1n) is 10.8. The predicted octanol–water partition coefficient (Wildman–Crippen LogP) is 5.03. The predicted molar refractivity (Wildman–Crippen MR) is 129 cm³/mol. The molecule has 0 saturated carbocycles. The Morgan fingerprint density at radius 1 is 0.778 bits per heavy atom. The van der Waals surface area contributed by atoms with Crippen molar-refractivity contribution in [1.82, 2.24) is 4.90 Å². The van der Waals surface area contributed by atoms with Gasteiger partial charge in [-0.05, 0) is 25.1 Å². The molecule has 0 atom stereocenters. The molecule has 3 rings (SSSR count). The smallest absolute Gasteiger partial charge is 0.270 e. The van der Waals surface area contributed by atoms with Crippen molar-refractivity contribution in [3.63, 3.8) is 0 Å². The topological polar surface area (TPSA) is 150 Å². The summed E-state index contributed by atoms with van der Waals surface area (Å²) in [7, 11) is 0. The molecule has 0 saturated heterocycles. The monoisotopic (exact) mass is 578 g/mol. The molecule has 0 aliphatic rings. The van der Waals surface area contributed by atoms with E-state index in [1.54, 1.807) is 23.1 Å². The number of benzene rings is 3. The van der Waals surface area contributed by atoms with Crippen LogP contribution in [0.1, 0.15) is 35.6 Å². The summed E-state index contributed by atoms with van der Waals surface area (Å²) in [5.74, 6) is -0.276. The van der Waals surface area contributed by atoms with E-state index in [-0.39, 0.29) is 59.4 Å². The first kappa shape index (κ1) is 28.5. The summed E-state index contributed by atoms with van der Waals surface area (Å²) in [6.45, 7) is 4.11. The molecule has 11 heteroatoms. The number of hydrogen-bond donors (Lipinski definition) is 3. The third-order valence-electron chi connectivity index (χ3n) is 5.11. The SMILES string of the molecule is CC[C]#[Mo].Cc1ccc(O)c(CN(Cc2cc([N+](=O)[O-])ccc2O)Cc2cc([N+](=O)[O-])ccc2O)c1. The Kier molecular flexibility index (Phi) is 10.6. The number of phenols is 3. The van der Waals surface area contributed by atoms with Crippen LogP contribution in [0.3, 0.4) is 0 Å². The molecule has 0 amide bonds. The van der Waals surface area contributed by atoms with Gasteiger partial charge >= 0.3 is 36.7 Å². The zero-order chi connectivity index (χ0) is 26.8. The van der Waals surface area contributed by atoms with Crippen molar-refractivity contribution in [3.8, 4) is 21.5 Å². The van der Waals surface area contributed by atoms with Crippen molar-refractivity contribution in [2.45, 2.75) is 39.9 Å². The van der Waals surface area contributed by atoms with Crippen LogP contribution in [-0.2, 0) is 38.8 Å². The van der Waals surface area contributed by atoms with Crippen LogP contribution in [0, 0.1) is 31.4 Å². The van der Waals surface area contributed by atoms with E-state index in [4.69, 9.17) is 0 Å². The zero-order valence-corrected chi connectivity index (χ0v) is 21.8. The van der Waals surface area contributed by atoms with Crippen LogP contribution >= 0.6 is 0 Å². The zero-order valence-electron chi connectivity index (χ0n) is 19.7. The van der Waals surface area contributed by atoms with Gasteiger partial charge < -0.3 is 15.3 Å². The molecule has 0 bridgehead atoms. The summed E-state index contributed by atoms with van der Waals surface area (Å²) >= 11 is 1.87. The minimum atomic E-state index is -0.577. The van der Waals surface area contributed by atoms with Gasteiger partial charge in [0.05, 0.1) is 9.85 Å². The van der Waals surface area contributed by atoms with Crippen molar-refractivity contribution >= 4 is 11.4 Å². The van der Waals surface area contributed by atoms with E-state index in [0.717, 1.165) is 12.0 Å². The molecule has 0 unspecified atom stereocenters. The summed E-state index contributed by atoms with van der Waals surface area (Å²) in [5.41, 5.74) is 1.57. The number of aromatic hydroxyl groups is 3. The third-order valence-corrected chi connectivity index (χ3v) is 5.82. The molecule has 0 aromatic heterocycles. The summed E-state index contributed by atoms with van der Waals surface area (Å²) in [6.07, 6.45) is 1.07. The molecule has 3 N–H and O–H groups in total. The second kappa shape index (κ2) is 13.4. The molecule has 0 fully saturated rings. The fourth-order valence-electron chi connectivity index (χ4n) is 3.36. The summed E-state index contributed by atoms with van der Waals surface area (Å²) in [6, 6.07) is 12.3. The van der Waals surface area contributed by atoms with Gasteiger partial charge in [-0.15, -0.1) is 0 Å². The number of nitro benzene ring substituents is 2. The van der Waals surface area contributed by atoms with Crippen LogP contribution in [0.25, 0.3) is 0 Å². The van der Waals surface area contributed by atoms with E-state index in [9.17, 15) is 35.5 Å². The van der Waals surface area contributed by atoms with Crippen LogP contribution in [0.5, 0.6) is 17.2 Å². The summed E-state index contributed by atoms with van der Waals surface area (Å²) < 4.78 is 2.94. The Bertz CT molecular complexity index is 1230. The minimum absolute atomic E-state index is 0.0169. The van der Waals surface area contributed by atoms with E-state index in [2.05, 4.69) is 11.1 Å². The average molecular weight is 576 g/mol. The third kappa shape index (κ3) is 8.20. The van der Waals surface area contributed by atoms with Gasteiger partial charge in [-0.3, -0.25) is 25.1 Å². The number of aryl methyl sites for hydroxylation is 1. The first-order valence-corrected chi connectivity index (χ1v) is 11.8. The van der Waals surface area contributed by atoms with Crippen molar-refractivity contribution in [2.75, 3.05) is 0 Å². The van der Waals surface area contributed by atoms with Gasteiger partial charge in [-0.25, -0.2) is 0 Å². The molecule has 10 nitrogen and oxygen atoms in total. The second-order valence-corrected chi connectivity index (χ2v) is 8.63. The van der Waals surface area contributed by atoms with E-state index in [1.807, 2.05) is 26.1 Å². The fraction of sp³-hybridized carbons (Fsp3) is 0.240. The second-order valence-electron chi connectivity index (χ2n) is 7.92. The molecule has 3 aromatic carbocycles. The van der Waals surface area contributed by atoms with Gasteiger partial charge in [-0.1, -0.05) is 17.7 Å². The van der Waals surface area contributed by atoms with Crippen LogP contribution < -0.4 is 0 Å². The van der Waals surface area contributed by atoms with Crippen molar-refractivity contribution in [1.29, 1.82) is 0 Å². The van der Waals surface area contributed by atoms with E-state index >= 15 is 0 Å². The molecule has 0 spiro atoms. The fourth-order valence-corrected chi connectivity index (χ4v) is 3.36. The van der Waals surface area contributed by atoms with Gasteiger partial charge in [0.2, 0.25) is 0 Å². The van der Waals surface area contributed by atoms with Gasteiger partial charge in [0.15, 0.2) is 0 Å². The molecule has 0 aliphatic heterocycles. The van der Waals surface area contributed by atoms with Gasteiger partial charge in [0.25, 0.3) is 11.4 Å². The number of non-ortho nitro benzene ring substituents is 2. The molecule has 0 aliphatic carbocycles. The van der Waals surface area contributed by atoms with Crippen molar-refractivity contribution < 1.29 is 44.3 Å². The Labute approximate surface area is 218 Å². The molecule has 0 radical (unpaired) electrons. The quantitative estimate of drug-likeness (QED) is 0.192. The van der Waals surface area contributed by atoms with Crippen LogP contribution in [0.4, 0.5) is 11.4 Å². The molecule has 36 heavy (non-hydrogen) atoms. The minimum Gasteiger partial charge on any atom is -0.508 e. The van der Waals surface area contributed by atoms with Gasteiger partial charge in [-0.2, -0.15) is 0 Å². The molecular weight excluding hydrogens is 550 g/mol. The number of nitro groups is 2. The van der Waals surface area contributed by atoms with Crippen LogP contribution in [-0.4, -0.2) is 30.1 Å². The van der Waals surface area contributed by atoms with Gasteiger partial charge in [0, 0.05) is 60.6 Å². The Balaban J connectivity index is 0.00000106. The maximum Gasteiger partial charge on any atom is 0.270 e. The number of hydrogen-bond acceptors (Lipinski definition) is 8. The largest absolute Gasteiger partial charge is 0.508 e. The summed E-state index contributed by atoms with van der Waals surface area (Å²) in [5, 5.41) is 53.0. The number of phenolic OH excluding ortho intramolecular Hbond substituents is 3. The Morgan fingerprint density at radius 2 is 1.14 bits per heavy atom. The maximum atomic E-state index is 11.1. The standard InChI is InChI=1S/C22H21N3O7.C3H5.Mo/c1-14-2-5-20(26)15(8-14)11-23(12-16-9-18(24(29)30)3-6-21(16)27)13-17-10-19(25(31)32)4-7-22(17)28;1-3-2;/h2-10,26-28H,11-13H2,1H3;3H2,1H3;. The van der Waals surface area contributed by atoms with E-state index in [1.165, 1.54) is 36.4 Å². The normalized spacial score (nSPS) is 10.3. The number of rotatable bonds is 8.